The minimum absolute atomic E-state index is 0.0116. The summed E-state index contributed by atoms with van der Waals surface area (Å²) in [4.78, 5) is 54.8. The average molecular weight is 544 g/mol. The Kier molecular flexibility index (Phi) is 7.25. The Bertz CT molecular complexity index is 1550. The zero-order chi connectivity index (χ0) is 27.6. The zero-order valence-electron chi connectivity index (χ0n) is 20.2. The highest BCUT2D eigenvalue weighted by molar-refractivity contribution is 7.89. The van der Waals surface area contributed by atoms with Crippen LogP contribution in [0.15, 0.2) is 24.4 Å². The summed E-state index contributed by atoms with van der Waals surface area (Å²) in [6, 6.07) is 3.64. The summed E-state index contributed by atoms with van der Waals surface area (Å²) in [5, 5.41) is 11.8. The predicted octanol–water partition coefficient (Wildman–Crippen LogP) is -0.814. The molecule has 0 saturated carbocycles. The van der Waals surface area contributed by atoms with Crippen LogP contribution < -0.4 is 26.4 Å². The topological polar surface area (TPSA) is 236 Å². The third kappa shape index (κ3) is 6.20. The normalized spacial score (nSPS) is 13.7. The van der Waals surface area contributed by atoms with E-state index >= 15 is 0 Å². The molecule has 2 amide bonds. The molecule has 0 aliphatic carbocycles. The number of nitrogens with zero attached hydrogens (tertiary/aromatic N) is 5. The van der Waals surface area contributed by atoms with Gasteiger partial charge in [-0.15, -0.1) is 0 Å². The van der Waals surface area contributed by atoms with Crippen LogP contribution in [0.4, 0.5) is 17.5 Å². The van der Waals surface area contributed by atoms with Gasteiger partial charge < -0.3 is 26.8 Å². The van der Waals surface area contributed by atoms with E-state index in [9.17, 15) is 27.9 Å². The van der Waals surface area contributed by atoms with E-state index in [2.05, 4.69) is 30.2 Å². The molecular formula is C22H25N9O6S. The van der Waals surface area contributed by atoms with Crippen LogP contribution in [-0.4, -0.2) is 70.1 Å². The van der Waals surface area contributed by atoms with Crippen molar-refractivity contribution in [2.24, 2.45) is 0 Å². The molecule has 0 spiro atoms. The van der Waals surface area contributed by atoms with Gasteiger partial charge in [0.05, 0.1) is 24.7 Å². The van der Waals surface area contributed by atoms with Gasteiger partial charge in [-0.1, -0.05) is 0 Å². The van der Waals surface area contributed by atoms with Gasteiger partial charge in [0, 0.05) is 24.2 Å². The number of amides is 2. The number of hydrogen-bond acceptors (Lipinski definition) is 12. The Balaban J connectivity index is 1.42. The number of carbonyl (C=O) groups is 3. The minimum atomic E-state index is -3.76. The van der Waals surface area contributed by atoms with Crippen LogP contribution in [0.5, 0.6) is 0 Å². The maximum atomic E-state index is 12.8. The van der Waals surface area contributed by atoms with Crippen molar-refractivity contribution in [3.05, 3.63) is 41.2 Å². The number of rotatable bonds is 9. The molecule has 38 heavy (non-hydrogen) atoms. The number of sulfonamides is 1. The molecule has 1 aromatic carbocycles. The third-order valence-corrected chi connectivity index (χ3v) is 6.35. The summed E-state index contributed by atoms with van der Waals surface area (Å²) in [7, 11) is -3.76. The summed E-state index contributed by atoms with van der Waals surface area (Å²) in [6.07, 6.45) is 2.36. The predicted molar refractivity (Wildman–Crippen MR) is 136 cm³/mol. The lowest BCUT2D eigenvalue weighted by Crippen LogP contribution is -2.42. The number of nitrogens with one attached hydrogen (secondary N) is 2. The Hall–Kier alpha value is -4.60. The van der Waals surface area contributed by atoms with Crippen LogP contribution in [0.3, 0.4) is 0 Å². The van der Waals surface area contributed by atoms with Crippen molar-refractivity contribution in [1.29, 1.82) is 0 Å². The van der Waals surface area contributed by atoms with Crippen molar-refractivity contribution in [1.82, 2.24) is 30.0 Å². The van der Waals surface area contributed by atoms with Gasteiger partial charge in [0.15, 0.2) is 17.0 Å². The second kappa shape index (κ2) is 10.4. The standard InChI is InChI=1S/C22H25N9O6S/c1-38(36,37)30-16(32)5-3-14(21(34)35)27-20(33)12-2-4-15-11(8-12)6-7-31(15)10-13-9-25-19-17(26-13)18(23)28-22(24)29-19/h2,4,8-9,14H,3,5-7,10H2,1H3,(H,27,33)(H,30,32)(H,34,35)(H4,23,24,25,28,29)/t14-/m0/s1. The van der Waals surface area contributed by atoms with E-state index in [4.69, 9.17) is 11.5 Å². The highest BCUT2D eigenvalue weighted by atomic mass is 32.2. The highest BCUT2D eigenvalue weighted by Crippen LogP contribution is 2.30. The molecule has 1 aliphatic rings. The Morgan fingerprint density at radius 3 is 2.66 bits per heavy atom. The summed E-state index contributed by atoms with van der Waals surface area (Å²) in [5.74, 6) is -2.69. The van der Waals surface area contributed by atoms with Gasteiger partial charge in [-0.2, -0.15) is 9.97 Å². The van der Waals surface area contributed by atoms with Crippen molar-refractivity contribution in [3.63, 3.8) is 0 Å². The molecule has 3 aromatic rings. The smallest absolute Gasteiger partial charge is 0.326 e. The number of carboxylic acids is 1. The Morgan fingerprint density at radius 2 is 1.95 bits per heavy atom. The first-order valence-corrected chi connectivity index (χ1v) is 13.3. The lowest BCUT2D eigenvalue weighted by atomic mass is 10.1. The Morgan fingerprint density at radius 1 is 1.18 bits per heavy atom. The SMILES string of the molecule is CS(=O)(=O)NC(=O)CC[C@H](NC(=O)c1ccc2c(c1)CCN2Cc1cnc2nc(N)nc(N)c2n1)C(=O)O. The molecule has 1 aliphatic heterocycles. The van der Waals surface area contributed by atoms with E-state index in [1.54, 1.807) is 29.1 Å². The number of benzene rings is 1. The van der Waals surface area contributed by atoms with Crippen molar-refractivity contribution < 1.29 is 27.9 Å². The fraction of sp³-hybridized carbons (Fsp3) is 0.318. The van der Waals surface area contributed by atoms with E-state index in [0.717, 1.165) is 17.5 Å². The van der Waals surface area contributed by atoms with E-state index in [0.29, 0.717) is 36.4 Å². The number of fused-ring (bicyclic) bond motifs is 2. The summed E-state index contributed by atoms with van der Waals surface area (Å²) in [6.45, 7) is 1.07. The quantitative estimate of drug-likeness (QED) is 0.222. The molecule has 0 saturated heterocycles. The number of aliphatic carboxylic acids is 1. The molecule has 3 heterocycles. The van der Waals surface area contributed by atoms with Gasteiger partial charge in [0.1, 0.15) is 6.04 Å². The maximum absolute atomic E-state index is 12.8. The molecule has 15 nitrogen and oxygen atoms in total. The van der Waals surface area contributed by atoms with E-state index in [-0.39, 0.29) is 23.8 Å². The summed E-state index contributed by atoms with van der Waals surface area (Å²) >= 11 is 0. The minimum Gasteiger partial charge on any atom is -0.480 e. The van der Waals surface area contributed by atoms with Crippen LogP contribution in [0.25, 0.3) is 11.2 Å². The van der Waals surface area contributed by atoms with Crippen LogP contribution in [0.1, 0.15) is 34.5 Å². The first-order chi connectivity index (χ1) is 17.9. The summed E-state index contributed by atoms with van der Waals surface area (Å²) in [5.41, 5.74) is 14.8. The second-order valence-corrected chi connectivity index (χ2v) is 10.5. The van der Waals surface area contributed by atoms with Crippen molar-refractivity contribution >= 4 is 56.4 Å². The molecule has 200 valence electrons. The first-order valence-electron chi connectivity index (χ1n) is 11.4. The van der Waals surface area contributed by atoms with Gasteiger partial charge in [0.25, 0.3) is 5.91 Å². The van der Waals surface area contributed by atoms with Crippen LogP contribution in [0, 0.1) is 0 Å². The molecule has 4 rings (SSSR count). The number of nitrogen functional groups attached to an aromatic ring is 2. The number of carbonyl (C=O) groups excluding carboxylic acids is 2. The maximum Gasteiger partial charge on any atom is 0.326 e. The van der Waals surface area contributed by atoms with Crippen molar-refractivity contribution in [3.8, 4) is 0 Å². The number of nitrogens with two attached hydrogens (primary N) is 2. The van der Waals surface area contributed by atoms with Gasteiger partial charge in [-0.25, -0.2) is 23.2 Å². The average Bonchev–Trinajstić information content (AvgIpc) is 3.22. The lowest BCUT2D eigenvalue weighted by Gasteiger charge is -2.19. The van der Waals surface area contributed by atoms with Gasteiger partial charge in [-0.05, 0) is 36.6 Å². The van der Waals surface area contributed by atoms with Gasteiger partial charge in [0.2, 0.25) is 21.9 Å². The van der Waals surface area contributed by atoms with Crippen LogP contribution in [-0.2, 0) is 32.6 Å². The molecule has 16 heteroatoms. The third-order valence-electron chi connectivity index (χ3n) is 5.75. The molecule has 1 atom stereocenters. The van der Waals surface area contributed by atoms with Crippen LogP contribution >= 0.6 is 0 Å². The van der Waals surface area contributed by atoms with Crippen LogP contribution in [0.2, 0.25) is 0 Å². The number of carboxylic acid groups (broad SMARTS) is 1. The first kappa shape index (κ1) is 26.5. The highest BCUT2D eigenvalue weighted by Gasteiger charge is 2.25. The molecule has 0 bridgehead atoms. The van der Waals surface area contributed by atoms with E-state index < -0.39 is 40.3 Å². The lowest BCUT2D eigenvalue weighted by molar-refractivity contribution is -0.139. The van der Waals surface area contributed by atoms with Crippen molar-refractivity contribution in [2.45, 2.75) is 31.8 Å². The molecule has 7 N–H and O–H groups in total. The molecule has 2 aromatic heterocycles. The Labute approximate surface area is 216 Å². The molecule has 0 radical (unpaired) electrons. The number of aromatic nitrogens is 4. The molecular weight excluding hydrogens is 518 g/mol. The fourth-order valence-electron chi connectivity index (χ4n) is 4.06. The second-order valence-electron chi connectivity index (χ2n) is 8.72. The van der Waals surface area contributed by atoms with Crippen molar-refractivity contribution in [2.75, 3.05) is 29.2 Å². The zero-order valence-corrected chi connectivity index (χ0v) is 21.0. The number of anilines is 3. The molecule has 0 unspecified atom stereocenters. The molecule has 0 fully saturated rings. The van der Waals surface area contributed by atoms with Gasteiger partial charge in [-0.3, -0.25) is 14.3 Å². The van der Waals surface area contributed by atoms with Gasteiger partial charge >= 0.3 is 5.97 Å². The monoisotopic (exact) mass is 543 g/mol. The number of hydrogen-bond donors (Lipinski definition) is 5. The largest absolute Gasteiger partial charge is 0.480 e. The summed E-state index contributed by atoms with van der Waals surface area (Å²) < 4.78 is 24.0. The van der Waals surface area contributed by atoms with E-state index in [1.165, 1.54) is 0 Å². The fourth-order valence-corrected chi connectivity index (χ4v) is 4.58. The van der Waals surface area contributed by atoms with E-state index in [1.807, 2.05) is 0 Å².